The Balaban J connectivity index is 1.80. The first-order valence-electron chi connectivity index (χ1n) is 7.28. The fraction of sp³-hybridized carbons (Fsp3) is 0.500. The van der Waals surface area contributed by atoms with Crippen LogP contribution in [-0.4, -0.2) is 30.1 Å². The maximum atomic E-state index is 12.0. The first-order valence-corrected chi connectivity index (χ1v) is 7.28. The van der Waals surface area contributed by atoms with Crippen LogP contribution in [0.1, 0.15) is 31.9 Å². The number of amides is 1. The van der Waals surface area contributed by atoms with Gasteiger partial charge in [0.2, 0.25) is 5.91 Å². The lowest BCUT2D eigenvalue weighted by Gasteiger charge is -2.34. The van der Waals surface area contributed by atoms with Gasteiger partial charge in [-0.05, 0) is 43.7 Å². The topological polar surface area (TPSA) is 77.2 Å². The van der Waals surface area contributed by atoms with Crippen LogP contribution in [0.2, 0.25) is 0 Å². The fourth-order valence-electron chi connectivity index (χ4n) is 2.38. The summed E-state index contributed by atoms with van der Waals surface area (Å²) in [7, 11) is 0. The van der Waals surface area contributed by atoms with Gasteiger partial charge in [0.15, 0.2) is 0 Å². The SMILES string of the molecule is CCOC1CC(CC(=O)Nc2cccc(C#CCN)n2)C1. The molecule has 1 aliphatic carbocycles. The standard InChI is InChI=1S/C16H21N3O2/c1-2-21-14-9-12(10-14)11-16(20)19-15-7-3-5-13(18-15)6-4-8-17/h3,5,7,12,14H,2,8-11,17H2,1H3,(H,18,19,20). The summed E-state index contributed by atoms with van der Waals surface area (Å²) in [5.74, 6) is 6.53. The van der Waals surface area contributed by atoms with Crippen molar-refractivity contribution in [2.24, 2.45) is 11.7 Å². The third kappa shape index (κ3) is 4.85. The molecule has 1 fully saturated rings. The minimum atomic E-state index is -0.00798. The molecule has 0 bridgehead atoms. The normalized spacial score (nSPS) is 20.1. The second-order valence-corrected chi connectivity index (χ2v) is 5.08. The zero-order valence-electron chi connectivity index (χ0n) is 12.3. The van der Waals surface area contributed by atoms with Crippen LogP contribution < -0.4 is 11.1 Å². The first-order chi connectivity index (χ1) is 10.2. The minimum Gasteiger partial charge on any atom is -0.378 e. The Morgan fingerprint density at radius 3 is 3.05 bits per heavy atom. The molecule has 21 heavy (non-hydrogen) atoms. The second kappa shape index (κ2) is 7.77. The van der Waals surface area contributed by atoms with Gasteiger partial charge in [-0.3, -0.25) is 4.79 Å². The van der Waals surface area contributed by atoms with Crippen molar-refractivity contribution in [2.45, 2.75) is 32.3 Å². The van der Waals surface area contributed by atoms with E-state index in [0.717, 1.165) is 19.4 Å². The number of carbonyl (C=O) groups excluding carboxylic acids is 1. The Labute approximate surface area is 125 Å². The zero-order valence-corrected chi connectivity index (χ0v) is 12.3. The van der Waals surface area contributed by atoms with Gasteiger partial charge in [0.05, 0.1) is 12.6 Å². The van der Waals surface area contributed by atoms with Crippen LogP contribution in [0.15, 0.2) is 18.2 Å². The van der Waals surface area contributed by atoms with Crippen molar-refractivity contribution in [3.8, 4) is 11.8 Å². The highest BCUT2D eigenvalue weighted by atomic mass is 16.5. The van der Waals surface area contributed by atoms with E-state index in [1.807, 2.05) is 13.0 Å². The molecule has 1 heterocycles. The number of ether oxygens (including phenoxy) is 1. The highest BCUT2D eigenvalue weighted by molar-refractivity contribution is 5.90. The number of hydrogen-bond donors (Lipinski definition) is 2. The van der Waals surface area contributed by atoms with E-state index < -0.39 is 0 Å². The smallest absolute Gasteiger partial charge is 0.225 e. The lowest BCUT2D eigenvalue weighted by Crippen LogP contribution is -2.34. The number of anilines is 1. The maximum Gasteiger partial charge on any atom is 0.225 e. The number of carbonyl (C=O) groups is 1. The summed E-state index contributed by atoms with van der Waals surface area (Å²) in [6.07, 6.45) is 2.79. The average Bonchev–Trinajstić information content (AvgIpc) is 2.43. The third-order valence-electron chi connectivity index (χ3n) is 3.40. The molecule has 0 atom stereocenters. The van der Waals surface area contributed by atoms with Gasteiger partial charge in [0, 0.05) is 13.0 Å². The van der Waals surface area contributed by atoms with E-state index in [1.54, 1.807) is 12.1 Å². The van der Waals surface area contributed by atoms with Crippen molar-refractivity contribution >= 4 is 11.7 Å². The van der Waals surface area contributed by atoms with Crippen LogP contribution in [-0.2, 0) is 9.53 Å². The molecule has 1 saturated carbocycles. The summed E-state index contributed by atoms with van der Waals surface area (Å²) in [6.45, 7) is 3.03. The highest BCUT2D eigenvalue weighted by Crippen LogP contribution is 2.32. The zero-order chi connectivity index (χ0) is 15.1. The van der Waals surface area contributed by atoms with Crippen LogP contribution in [0.5, 0.6) is 0 Å². The molecule has 112 valence electrons. The lowest BCUT2D eigenvalue weighted by atomic mass is 9.80. The molecule has 0 saturated heterocycles. The van der Waals surface area contributed by atoms with Gasteiger partial charge in [-0.25, -0.2) is 4.98 Å². The number of nitrogens with zero attached hydrogens (tertiary/aromatic N) is 1. The number of hydrogen-bond acceptors (Lipinski definition) is 4. The van der Waals surface area contributed by atoms with Crippen LogP contribution in [0.25, 0.3) is 0 Å². The number of nitrogens with one attached hydrogen (secondary N) is 1. The van der Waals surface area contributed by atoms with Crippen molar-refractivity contribution in [1.29, 1.82) is 0 Å². The Morgan fingerprint density at radius 1 is 1.52 bits per heavy atom. The third-order valence-corrected chi connectivity index (χ3v) is 3.40. The molecule has 0 spiro atoms. The van der Waals surface area contributed by atoms with Gasteiger partial charge in [0.25, 0.3) is 0 Å². The quantitative estimate of drug-likeness (QED) is 0.805. The number of pyridine rings is 1. The monoisotopic (exact) mass is 287 g/mol. The number of nitrogens with two attached hydrogens (primary N) is 1. The summed E-state index contributed by atoms with van der Waals surface area (Å²) in [5.41, 5.74) is 5.93. The van der Waals surface area contributed by atoms with Crippen molar-refractivity contribution in [2.75, 3.05) is 18.5 Å². The Bertz CT molecular complexity index is 542. The number of rotatable bonds is 5. The van der Waals surface area contributed by atoms with Crippen LogP contribution in [0, 0.1) is 17.8 Å². The second-order valence-electron chi connectivity index (χ2n) is 5.08. The summed E-state index contributed by atoms with van der Waals surface area (Å²) in [4.78, 5) is 16.2. The first kappa shape index (κ1) is 15.5. The van der Waals surface area contributed by atoms with Crippen molar-refractivity contribution in [3.63, 3.8) is 0 Å². The van der Waals surface area contributed by atoms with Crippen LogP contribution in [0.4, 0.5) is 5.82 Å². The molecule has 0 radical (unpaired) electrons. The molecule has 2 rings (SSSR count). The lowest BCUT2D eigenvalue weighted by molar-refractivity contribution is -0.119. The summed E-state index contributed by atoms with van der Waals surface area (Å²) >= 11 is 0. The molecule has 0 unspecified atom stereocenters. The Hall–Kier alpha value is -1.90. The molecular formula is C16H21N3O2. The fourth-order valence-corrected chi connectivity index (χ4v) is 2.38. The average molecular weight is 287 g/mol. The summed E-state index contributed by atoms with van der Waals surface area (Å²) in [6, 6.07) is 5.36. The van der Waals surface area contributed by atoms with Crippen LogP contribution in [0.3, 0.4) is 0 Å². The van der Waals surface area contributed by atoms with E-state index in [2.05, 4.69) is 22.1 Å². The van der Waals surface area contributed by atoms with Gasteiger partial charge in [-0.1, -0.05) is 12.0 Å². The van der Waals surface area contributed by atoms with E-state index in [-0.39, 0.29) is 5.91 Å². The van der Waals surface area contributed by atoms with Crippen molar-refractivity contribution in [1.82, 2.24) is 4.98 Å². The molecule has 1 amide bonds. The van der Waals surface area contributed by atoms with Gasteiger partial charge in [0.1, 0.15) is 11.5 Å². The molecule has 0 aromatic carbocycles. The van der Waals surface area contributed by atoms with Crippen molar-refractivity contribution in [3.05, 3.63) is 23.9 Å². The molecule has 1 aromatic heterocycles. The van der Waals surface area contributed by atoms with Gasteiger partial charge in [-0.2, -0.15) is 0 Å². The highest BCUT2D eigenvalue weighted by Gasteiger charge is 2.31. The van der Waals surface area contributed by atoms with Gasteiger partial charge in [-0.15, -0.1) is 0 Å². The molecule has 1 aromatic rings. The van der Waals surface area contributed by atoms with E-state index in [0.29, 0.717) is 36.5 Å². The molecule has 5 nitrogen and oxygen atoms in total. The summed E-state index contributed by atoms with van der Waals surface area (Å²) < 4.78 is 5.49. The number of aromatic nitrogens is 1. The van der Waals surface area contributed by atoms with Gasteiger partial charge >= 0.3 is 0 Å². The minimum absolute atomic E-state index is 0.00798. The predicted octanol–water partition coefficient (Wildman–Crippen LogP) is 1.54. The Kier molecular flexibility index (Phi) is 5.73. The van der Waals surface area contributed by atoms with E-state index >= 15 is 0 Å². The molecule has 1 aliphatic rings. The van der Waals surface area contributed by atoms with Crippen LogP contribution >= 0.6 is 0 Å². The van der Waals surface area contributed by atoms with Gasteiger partial charge < -0.3 is 15.8 Å². The van der Waals surface area contributed by atoms with E-state index in [9.17, 15) is 4.79 Å². The molecule has 3 N–H and O–H groups in total. The predicted molar refractivity (Wildman–Crippen MR) is 81.6 cm³/mol. The Morgan fingerprint density at radius 2 is 2.33 bits per heavy atom. The van der Waals surface area contributed by atoms with Crippen molar-refractivity contribution < 1.29 is 9.53 Å². The largest absolute Gasteiger partial charge is 0.378 e. The molecule has 5 heteroatoms. The maximum absolute atomic E-state index is 12.0. The molecule has 0 aliphatic heterocycles. The molecular weight excluding hydrogens is 266 g/mol. The van der Waals surface area contributed by atoms with E-state index in [1.165, 1.54) is 0 Å². The van der Waals surface area contributed by atoms with E-state index in [4.69, 9.17) is 10.5 Å². The summed E-state index contributed by atoms with van der Waals surface area (Å²) in [5, 5.41) is 2.81.